The Balaban J connectivity index is 1.83. The van der Waals surface area contributed by atoms with Crippen LogP contribution in [0.15, 0.2) is 83.2 Å². The molecule has 4 aromatic rings. The molecule has 0 saturated heterocycles. The largest absolute Gasteiger partial charge is 0.396 e. The van der Waals surface area contributed by atoms with E-state index in [2.05, 4.69) is 52.4 Å². The fraction of sp³-hybridized carbons (Fsp3) is 0.136. The van der Waals surface area contributed by atoms with Gasteiger partial charge in [-0.1, -0.05) is 54.6 Å². The first kappa shape index (κ1) is 16.8. The van der Waals surface area contributed by atoms with E-state index in [1.807, 2.05) is 30.3 Å². The monoisotopic (exact) mass is 360 g/mol. The standard InChI is InChI=1S/C22H20N2OS/c25-14-6-13-24-21(16-26-22(24)23-20-9-2-1-3-10-20)19-12-11-17-7-4-5-8-18(17)15-19/h1-5,7-12,15-16,25H,6,13-14H2. The zero-order valence-electron chi connectivity index (χ0n) is 14.4. The lowest BCUT2D eigenvalue weighted by Gasteiger charge is -2.09. The van der Waals surface area contributed by atoms with Crippen molar-refractivity contribution in [3.05, 3.63) is 83.0 Å². The smallest absolute Gasteiger partial charge is 0.190 e. The summed E-state index contributed by atoms with van der Waals surface area (Å²) in [4.78, 5) is 5.75. The number of para-hydroxylation sites is 1. The summed E-state index contributed by atoms with van der Waals surface area (Å²) in [5.74, 6) is 0. The third-order valence-electron chi connectivity index (χ3n) is 4.36. The van der Waals surface area contributed by atoms with E-state index < -0.39 is 0 Å². The van der Waals surface area contributed by atoms with Crippen LogP contribution in [0.3, 0.4) is 0 Å². The van der Waals surface area contributed by atoms with Crippen molar-refractivity contribution in [2.45, 2.75) is 13.0 Å². The van der Waals surface area contributed by atoms with Gasteiger partial charge in [0.05, 0.1) is 11.4 Å². The highest BCUT2D eigenvalue weighted by molar-refractivity contribution is 7.07. The molecule has 1 N–H and O–H groups in total. The van der Waals surface area contributed by atoms with Gasteiger partial charge in [0, 0.05) is 18.5 Å². The number of aliphatic hydroxyl groups is 1. The van der Waals surface area contributed by atoms with Crippen molar-refractivity contribution < 1.29 is 5.11 Å². The van der Waals surface area contributed by atoms with Gasteiger partial charge in [0.2, 0.25) is 0 Å². The molecule has 0 aliphatic rings. The Kier molecular flexibility index (Phi) is 4.95. The number of nitrogens with zero attached hydrogens (tertiary/aromatic N) is 2. The van der Waals surface area contributed by atoms with E-state index in [4.69, 9.17) is 4.99 Å². The highest BCUT2D eigenvalue weighted by atomic mass is 32.1. The maximum atomic E-state index is 9.31. The molecule has 0 aliphatic carbocycles. The number of hydrogen-bond donors (Lipinski definition) is 1. The summed E-state index contributed by atoms with van der Waals surface area (Å²) in [6.45, 7) is 0.915. The van der Waals surface area contributed by atoms with E-state index in [0.29, 0.717) is 6.42 Å². The third kappa shape index (κ3) is 3.47. The Labute approximate surface area is 156 Å². The second-order valence-corrected chi connectivity index (χ2v) is 6.98. The maximum Gasteiger partial charge on any atom is 0.190 e. The molecule has 0 unspecified atom stereocenters. The molecule has 0 spiro atoms. The minimum Gasteiger partial charge on any atom is -0.396 e. The zero-order valence-corrected chi connectivity index (χ0v) is 15.2. The van der Waals surface area contributed by atoms with Crippen LogP contribution in [0.25, 0.3) is 22.0 Å². The first-order valence-electron chi connectivity index (χ1n) is 8.73. The summed E-state index contributed by atoms with van der Waals surface area (Å²) in [7, 11) is 0. The Hall–Kier alpha value is -2.69. The molecule has 0 aliphatic heterocycles. The maximum absolute atomic E-state index is 9.31. The molecule has 130 valence electrons. The fourth-order valence-corrected chi connectivity index (χ4v) is 4.01. The third-order valence-corrected chi connectivity index (χ3v) is 5.23. The van der Waals surface area contributed by atoms with E-state index in [1.165, 1.54) is 16.3 Å². The average Bonchev–Trinajstić information content (AvgIpc) is 3.09. The molecule has 0 radical (unpaired) electrons. The molecule has 0 fully saturated rings. The summed E-state index contributed by atoms with van der Waals surface area (Å²) in [6.07, 6.45) is 0.708. The molecule has 1 heterocycles. The summed E-state index contributed by atoms with van der Waals surface area (Å²) >= 11 is 1.64. The topological polar surface area (TPSA) is 37.5 Å². The first-order valence-corrected chi connectivity index (χ1v) is 9.61. The van der Waals surface area contributed by atoms with E-state index in [1.54, 1.807) is 11.3 Å². The number of aromatic nitrogens is 1. The van der Waals surface area contributed by atoms with Crippen molar-refractivity contribution in [1.29, 1.82) is 0 Å². The lowest BCUT2D eigenvalue weighted by Crippen LogP contribution is -2.16. The van der Waals surface area contributed by atoms with Crippen molar-refractivity contribution in [2.24, 2.45) is 4.99 Å². The Morgan fingerprint density at radius 2 is 1.65 bits per heavy atom. The van der Waals surface area contributed by atoms with Crippen LogP contribution in [0, 0.1) is 0 Å². The average molecular weight is 360 g/mol. The fourth-order valence-electron chi connectivity index (χ4n) is 3.06. The van der Waals surface area contributed by atoms with Gasteiger partial charge in [0.1, 0.15) is 0 Å². The van der Waals surface area contributed by atoms with Gasteiger partial charge in [-0.2, -0.15) is 0 Å². The predicted molar refractivity (Wildman–Crippen MR) is 109 cm³/mol. The normalized spacial score (nSPS) is 12.0. The van der Waals surface area contributed by atoms with Gasteiger partial charge in [-0.15, -0.1) is 11.3 Å². The zero-order chi connectivity index (χ0) is 17.8. The minimum atomic E-state index is 0.171. The Bertz CT molecular complexity index is 1080. The van der Waals surface area contributed by atoms with Crippen LogP contribution in [-0.4, -0.2) is 16.3 Å². The van der Waals surface area contributed by atoms with Gasteiger partial charge in [0.25, 0.3) is 0 Å². The summed E-state index contributed by atoms with van der Waals surface area (Å²) in [6, 6.07) is 24.9. The van der Waals surface area contributed by atoms with Gasteiger partial charge in [-0.3, -0.25) is 0 Å². The van der Waals surface area contributed by atoms with Crippen LogP contribution < -0.4 is 4.80 Å². The molecular formula is C22H20N2OS. The highest BCUT2D eigenvalue weighted by Crippen LogP contribution is 2.25. The van der Waals surface area contributed by atoms with Crippen molar-refractivity contribution in [1.82, 2.24) is 4.57 Å². The van der Waals surface area contributed by atoms with Crippen LogP contribution in [0.4, 0.5) is 5.69 Å². The van der Waals surface area contributed by atoms with Crippen LogP contribution in [0.2, 0.25) is 0 Å². The van der Waals surface area contributed by atoms with Gasteiger partial charge in [0.15, 0.2) is 4.80 Å². The molecule has 0 bridgehead atoms. The van der Waals surface area contributed by atoms with E-state index in [9.17, 15) is 5.11 Å². The first-order chi connectivity index (χ1) is 12.8. The second kappa shape index (κ2) is 7.68. The minimum absolute atomic E-state index is 0.171. The number of aliphatic hydroxyl groups excluding tert-OH is 1. The molecule has 0 saturated carbocycles. The van der Waals surface area contributed by atoms with Gasteiger partial charge in [-0.05, 0) is 41.0 Å². The van der Waals surface area contributed by atoms with Crippen LogP contribution in [0.1, 0.15) is 6.42 Å². The lowest BCUT2D eigenvalue weighted by molar-refractivity contribution is 0.279. The van der Waals surface area contributed by atoms with Gasteiger partial charge in [-0.25, -0.2) is 4.99 Å². The molecule has 0 atom stereocenters. The lowest BCUT2D eigenvalue weighted by atomic mass is 10.1. The molecule has 26 heavy (non-hydrogen) atoms. The van der Waals surface area contributed by atoms with E-state index in [-0.39, 0.29) is 6.61 Å². The van der Waals surface area contributed by atoms with E-state index in [0.717, 1.165) is 22.7 Å². The van der Waals surface area contributed by atoms with Crippen LogP contribution >= 0.6 is 11.3 Å². The molecule has 4 rings (SSSR count). The summed E-state index contributed by atoms with van der Waals surface area (Å²) in [5, 5.41) is 13.9. The quantitative estimate of drug-likeness (QED) is 0.535. The van der Waals surface area contributed by atoms with Gasteiger partial charge >= 0.3 is 0 Å². The van der Waals surface area contributed by atoms with Crippen molar-refractivity contribution >= 4 is 27.8 Å². The molecule has 1 aromatic heterocycles. The number of rotatable bonds is 5. The van der Waals surface area contributed by atoms with Crippen molar-refractivity contribution in [3.63, 3.8) is 0 Å². The number of benzene rings is 3. The molecule has 4 heteroatoms. The van der Waals surface area contributed by atoms with Crippen molar-refractivity contribution in [3.8, 4) is 11.3 Å². The Morgan fingerprint density at radius 1 is 0.885 bits per heavy atom. The summed E-state index contributed by atoms with van der Waals surface area (Å²) in [5.41, 5.74) is 3.26. The molecular weight excluding hydrogens is 340 g/mol. The number of thiazole rings is 1. The van der Waals surface area contributed by atoms with Crippen molar-refractivity contribution in [2.75, 3.05) is 6.61 Å². The molecule has 3 nitrogen and oxygen atoms in total. The van der Waals surface area contributed by atoms with Crippen LogP contribution in [0.5, 0.6) is 0 Å². The summed E-state index contributed by atoms with van der Waals surface area (Å²) < 4.78 is 2.21. The number of fused-ring (bicyclic) bond motifs is 1. The van der Waals surface area contributed by atoms with E-state index >= 15 is 0 Å². The number of hydrogen-bond acceptors (Lipinski definition) is 3. The highest BCUT2D eigenvalue weighted by Gasteiger charge is 2.09. The van der Waals surface area contributed by atoms with Gasteiger partial charge < -0.3 is 9.67 Å². The SMILES string of the molecule is OCCCn1c(-c2ccc3ccccc3c2)csc1=Nc1ccccc1. The Morgan fingerprint density at radius 3 is 2.46 bits per heavy atom. The molecule has 0 amide bonds. The second-order valence-electron chi connectivity index (χ2n) is 6.14. The van der Waals surface area contributed by atoms with Crippen LogP contribution in [-0.2, 0) is 6.54 Å². The predicted octanol–water partition coefficient (Wildman–Crippen LogP) is 4.98. The molecule has 3 aromatic carbocycles.